The van der Waals surface area contributed by atoms with Crippen LogP contribution in [0.4, 0.5) is 15.8 Å². The molecule has 5 aromatic carbocycles. The van der Waals surface area contributed by atoms with Gasteiger partial charge < -0.3 is 15.4 Å². The fourth-order valence-corrected chi connectivity index (χ4v) is 6.21. The number of anilines is 2. The highest BCUT2D eigenvalue weighted by molar-refractivity contribution is 8.00. The normalized spacial score (nSPS) is 14.4. The van der Waals surface area contributed by atoms with Crippen molar-refractivity contribution in [1.82, 2.24) is 5.32 Å². The van der Waals surface area contributed by atoms with Gasteiger partial charge in [0.25, 0.3) is 11.8 Å². The van der Waals surface area contributed by atoms with Crippen LogP contribution in [0.3, 0.4) is 0 Å². The van der Waals surface area contributed by atoms with Crippen molar-refractivity contribution in [3.05, 3.63) is 155 Å². The molecule has 0 bridgehead atoms. The second-order valence-corrected chi connectivity index (χ2v) is 12.5. The van der Waals surface area contributed by atoms with Gasteiger partial charge in [-0.05, 0) is 91.0 Å². The quantitative estimate of drug-likeness (QED) is 0.113. The van der Waals surface area contributed by atoms with Gasteiger partial charge in [-0.25, -0.2) is 9.29 Å². The van der Waals surface area contributed by atoms with Crippen molar-refractivity contribution in [2.24, 2.45) is 0 Å². The Bertz CT molecular complexity index is 2060. The predicted octanol–water partition coefficient (Wildman–Crippen LogP) is 8.11. The second-order valence-electron chi connectivity index (χ2n) is 10.8. The lowest BCUT2D eigenvalue weighted by Gasteiger charge is -2.16. The number of nitrogens with one attached hydrogen (secondary N) is 2. The summed E-state index contributed by atoms with van der Waals surface area (Å²) in [6, 6.07) is 34.5. The van der Waals surface area contributed by atoms with Crippen LogP contribution in [-0.2, 0) is 14.4 Å². The predicted molar refractivity (Wildman–Crippen MR) is 188 cm³/mol. The summed E-state index contributed by atoms with van der Waals surface area (Å²) in [4.78, 5) is 54.5. The highest BCUT2D eigenvalue weighted by Gasteiger charge is 2.40. The van der Waals surface area contributed by atoms with E-state index in [1.807, 2.05) is 0 Å². The van der Waals surface area contributed by atoms with Crippen LogP contribution in [0, 0.1) is 5.82 Å². The first kappa shape index (κ1) is 33.2. The van der Waals surface area contributed by atoms with E-state index in [0.717, 1.165) is 4.90 Å². The van der Waals surface area contributed by atoms with Crippen LogP contribution < -0.4 is 20.3 Å². The molecule has 11 heteroatoms. The van der Waals surface area contributed by atoms with Crippen LogP contribution in [0.5, 0.6) is 11.5 Å². The molecule has 0 spiro atoms. The maximum absolute atomic E-state index is 14.5. The Morgan fingerprint density at radius 2 is 1.51 bits per heavy atom. The highest BCUT2D eigenvalue weighted by Crippen LogP contribution is 2.36. The van der Waals surface area contributed by atoms with Crippen LogP contribution in [-0.4, -0.2) is 28.9 Å². The number of rotatable bonds is 10. The Morgan fingerprint density at radius 1 is 0.837 bits per heavy atom. The van der Waals surface area contributed by atoms with Crippen molar-refractivity contribution in [1.29, 1.82) is 0 Å². The van der Waals surface area contributed by atoms with Crippen molar-refractivity contribution in [3.8, 4) is 11.5 Å². The first-order valence-corrected chi connectivity index (χ1v) is 16.3. The molecule has 49 heavy (non-hydrogen) atoms. The van der Waals surface area contributed by atoms with Gasteiger partial charge in [0.05, 0.1) is 10.9 Å². The van der Waals surface area contributed by atoms with Gasteiger partial charge in [-0.1, -0.05) is 54.1 Å². The smallest absolute Gasteiger partial charge is 0.272 e. The third kappa shape index (κ3) is 8.24. The minimum absolute atomic E-state index is 0.00977. The highest BCUT2D eigenvalue weighted by atomic mass is 35.5. The number of amides is 4. The van der Waals surface area contributed by atoms with Crippen LogP contribution in [0.1, 0.15) is 22.3 Å². The number of carbonyl (C=O) groups excluding carboxylic acids is 4. The van der Waals surface area contributed by atoms with Crippen molar-refractivity contribution < 1.29 is 28.3 Å². The average molecular weight is 692 g/mol. The summed E-state index contributed by atoms with van der Waals surface area (Å²) in [6.07, 6.45) is 1.25. The molecule has 1 saturated heterocycles. The Kier molecular flexibility index (Phi) is 10.2. The molecule has 1 aliphatic heterocycles. The van der Waals surface area contributed by atoms with Gasteiger partial charge in [-0.3, -0.25) is 19.2 Å². The SMILES string of the molecule is O=C(Nc1cccc(SC2CC(=O)N(c3ccc(Oc4ccc(Cl)cc4)cc3)C2=O)c1)/C(=C/c1ccccc1F)NC(=O)c1ccccc1. The van der Waals surface area contributed by atoms with E-state index in [1.165, 1.54) is 36.0 Å². The van der Waals surface area contributed by atoms with Gasteiger partial charge in [-0.15, -0.1) is 11.8 Å². The summed E-state index contributed by atoms with van der Waals surface area (Å²) in [5.74, 6) is -1.37. The number of thioether (sulfide) groups is 1. The van der Waals surface area contributed by atoms with Gasteiger partial charge in [0.15, 0.2) is 0 Å². The molecule has 5 aromatic rings. The standard InChI is InChI=1S/C38H27ClFN3O5S/c39-26-13-17-29(18-14-26)48-30-19-15-28(16-20-30)43-35(44)23-34(38(43)47)49-31-11-6-10-27(22-31)41-37(46)33(21-25-9-4-5-12-32(25)40)42-36(45)24-7-2-1-3-8-24/h1-22,34H,23H2,(H,41,46)(H,42,45)/b33-21-. The molecular formula is C38H27ClFN3O5S. The van der Waals surface area contributed by atoms with Gasteiger partial charge in [-0.2, -0.15) is 0 Å². The molecule has 1 fully saturated rings. The van der Waals surface area contributed by atoms with Gasteiger partial charge in [0, 0.05) is 33.2 Å². The van der Waals surface area contributed by atoms with Crippen molar-refractivity contribution >= 4 is 64.4 Å². The molecular weight excluding hydrogens is 665 g/mol. The van der Waals surface area contributed by atoms with Crippen LogP contribution in [0.25, 0.3) is 6.08 Å². The number of ether oxygens (including phenoxy) is 1. The molecule has 1 heterocycles. The maximum Gasteiger partial charge on any atom is 0.272 e. The molecule has 244 valence electrons. The number of hydrogen-bond donors (Lipinski definition) is 2. The van der Waals surface area contributed by atoms with E-state index in [1.54, 1.807) is 109 Å². The Balaban J connectivity index is 1.14. The zero-order valence-electron chi connectivity index (χ0n) is 25.6. The van der Waals surface area contributed by atoms with Crippen LogP contribution >= 0.6 is 23.4 Å². The fraction of sp³-hybridized carbons (Fsp3) is 0.0526. The molecule has 1 unspecified atom stereocenters. The zero-order chi connectivity index (χ0) is 34.3. The summed E-state index contributed by atoms with van der Waals surface area (Å²) in [6.45, 7) is 0. The number of carbonyl (C=O) groups is 4. The molecule has 4 amide bonds. The van der Waals surface area contributed by atoms with Gasteiger partial charge >= 0.3 is 0 Å². The average Bonchev–Trinajstić information content (AvgIpc) is 3.38. The molecule has 0 saturated carbocycles. The minimum atomic E-state index is -0.690. The van der Waals surface area contributed by atoms with Crippen LogP contribution in [0.2, 0.25) is 5.02 Å². The first-order chi connectivity index (χ1) is 23.7. The van der Waals surface area contributed by atoms with E-state index < -0.39 is 22.9 Å². The summed E-state index contributed by atoms with van der Waals surface area (Å²) < 4.78 is 20.3. The van der Waals surface area contributed by atoms with E-state index in [2.05, 4.69) is 10.6 Å². The summed E-state index contributed by atoms with van der Waals surface area (Å²) in [7, 11) is 0. The van der Waals surface area contributed by atoms with Gasteiger partial charge in [0.2, 0.25) is 11.8 Å². The lowest BCUT2D eigenvalue weighted by molar-refractivity contribution is -0.121. The van der Waals surface area contributed by atoms with Crippen LogP contribution in [0.15, 0.2) is 138 Å². The lowest BCUT2D eigenvalue weighted by atomic mass is 10.1. The Morgan fingerprint density at radius 3 is 2.22 bits per heavy atom. The third-order valence-electron chi connectivity index (χ3n) is 7.35. The third-order valence-corrected chi connectivity index (χ3v) is 8.78. The topological polar surface area (TPSA) is 105 Å². The monoisotopic (exact) mass is 691 g/mol. The van der Waals surface area contributed by atoms with E-state index >= 15 is 0 Å². The molecule has 0 aromatic heterocycles. The number of benzene rings is 5. The maximum atomic E-state index is 14.5. The van der Waals surface area contributed by atoms with Gasteiger partial charge in [0.1, 0.15) is 23.0 Å². The zero-order valence-corrected chi connectivity index (χ0v) is 27.2. The molecule has 1 atom stereocenters. The van der Waals surface area contributed by atoms with Crippen molar-refractivity contribution in [2.75, 3.05) is 10.2 Å². The molecule has 6 rings (SSSR count). The van der Waals surface area contributed by atoms with E-state index in [4.69, 9.17) is 16.3 Å². The number of nitrogens with zero attached hydrogens (tertiary/aromatic N) is 1. The van der Waals surface area contributed by atoms with Crippen molar-refractivity contribution in [3.63, 3.8) is 0 Å². The molecule has 0 radical (unpaired) electrons. The number of halogens is 2. The molecule has 2 N–H and O–H groups in total. The summed E-state index contributed by atoms with van der Waals surface area (Å²) in [5, 5.41) is 5.23. The molecule has 1 aliphatic rings. The Hall–Kier alpha value is -5.71. The summed E-state index contributed by atoms with van der Waals surface area (Å²) in [5.41, 5.74) is 1.06. The molecule has 8 nitrogen and oxygen atoms in total. The van der Waals surface area contributed by atoms with Crippen molar-refractivity contribution in [2.45, 2.75) is 16.6 Å². The van der Waals surface area contributed by atoms with E-state index in [0.29, 0.717) is 38.4 Å². The molecule has 0 aliphatic carbocycles. The lowest BCUT2D eigenvalue weighted by Crippen LogP contribution is -2.31. The summed E-state index contributed by atoms with van der Waals surface area (Å²) >= 11 is 7.13. The first-order valence-electron chi connectivity index (χ1n) is 15.0. The van der Waals surface area contributed by atoms with E-state index in [-0.39, 0.29) is 29.5 Å². The fourth-order valence-electron chi connectivity index (χ4n) is 4.97. The number of hydrogen-bond acceptors (Lipinski definition) is 6. The number of imide groups is 1. The van der Waals surface area contributed by atoms with E-state index in [9.17, 15) is 23.6 Å². The Labute approximate surface area is 290 Å². The minimum Gasteiger partial charge on any atom is -0.457 e. The second kappa shape index (κ2) is 15.0. The largest absolute Gasteiger partial charge is 0.457 e.